The molecule has 11 heteroatoms. The van der Waals surface area contributed by atoms with Gasteiger partial charge < -0.3 is 15.0 Å². The molecular formula is C24H33F3N6O2. The number of hydrogen-bond acceptors (Lipinski definition) is 6. The SMILES string of the molecule is CC(C)[C@]1(C(=O)NCc2cc(-c3nn[nH]n3)cc(C(F)(F)F)c2)CC[C@@H](N(C)C2CCOCC2)C1. The van der Waals surface area contributed by atoms with Crippen LogP contribution in [-0.4, -0.2) is 63.8 Å². The number of H-pyrrole nitrogens is 1. The molecule has 2 N–H and O–H groups in total. The molecule has 2 heterocycles. The highest BCUT2D eigenvalue weighted by Crippen LogP contribution is 2.46. The Kier molecular flexibility index (Phi) is 7.46. The molecule has 1 saturated heterocycles. The van der Waals surface area contributed by atoms with Crippen LogP contribution in [0.1, 0.15) is 57.1 Å². The van der Waals surface area contributed by atoms with E-state index in [1.807, 2.05) is 0 Å². The molecule has 1 saturated carbocycles. The Balaban J connectivity index is 1.49. The molecule has 1 aromatic heterocycles. The van der Waals surface area contributed by atoms with E-state index in [0.29, 0.717) is 17.6 Å². The lowest BCUT2D eigenvalue weighted by Crippen LogP contribution is -2.46. The van der Waals surface area contributed by atoms with Gasteiger partial charge in [0, 0.05) is 37.4 Å². The van der Waals surface area contributed by atoms with Crippen molar-refractivity contribution in [1.82, 2.24) is 30.8 Å². The Hall–Kier alpha value is -2.53. The number of rotatable bonds is 7. The fourth-order valence-corrected chi connectivity index (χ4v) is 5.51. The number of ether oxygens (including phenoxy) is 1. The van der Waals surface area contributed by atoms with Crippen molar-refractivity contribution in [3.63, 3.8) is 0 Å². The van der Waals surface area contributed by atoms with Gasteiger partial charge in [-0.1, -0.05) is 13.8 Å². The molecule has 0 unspecified atom stereocenters. The van der Waals surface area contributed by atoms with Crippen molar-refractivity contribution in [3.8, 4) is 11.4 Å². The second kappa shape index (κ2) is 10.2. The van der Waals surface area contributed by atoms with Crippen LogP contribution >= 0.6 is 0 Å². The molecule has 0 bridgehead atoms. The lowest BCUT2D eigenvalue weighted by atomic mass is 9.74. The van der Waals surface area contributed by atoms with Gasteiger partial charge in [0.1, 0.15) is 0 Å². The van der Waals surface area contributed by atoms with Crippen LogP contribution in [0.5, 0.6) is 0 Å². The second-order valence-electron chi connectivity index (χ2n) is 10.1. The third kappa shape index (κ3) is 5.50. The fraction of sp³-hybridized carbons (Fsp3) is 0.667. The van der Waals surface area contributed by atoms with Crippen molar-refractivity contribution in [2.24, 2.45) is 11.3 Å². The number of aromatic nitrogens is 4. The number of nitrogens with one attached hydrogen (secondary N) is 2. The van der Waals surface area contributed by atoms with E-state index in [1.165, 1.54) is 0 Å². The molecule has 2 aromatic rings. The third-order valence-corrected chi connectivity index (χ3v) is 7.80. The lowest BCUT2D eigenvalue weighted by molar-refractivity contribution is -0.137. The van der Waals surface area contributed by atoms with Gasteiger partial charge in [0.2, 0.25) is 11.7 Å². The summed E-state index contributed by atoms with van der Waals surface area (Å²) in [6.45, 7) is 5.62. The Morgan fingerprint density at radius 3 is 2.60 bits per heavy atom. The Morgan fingerprint density at radius 1 is 1.23 bits per heavy atom. The van der Waals surface area contributed by atoms with Crippen LogP contribution in [0.15, 0.2) is 18.2 Å². The number of carbonyl (C=O) groups excluding carboxylic acids is 1. The summed E-state index contributed by atoms with van der Waals surface area (Å²) in [5.41, 5.74) is -0.847. The highest BCUT2D eigenvalue weighted by Gasteiger charge is 2.49. The van der Waals surface area contributed by atoms with Crippen molar-refractivity contribution in [1.29, 1.82) is 0 Å². The summed E-state index contributed by atoms with van der Waals surface area (Å²) in [5, 5.41) is 16.2. The molecular weight excluding hydrogens is 461 g/mol. The quantitative estimate of drug-likeness (QED) is 0.608. The summed E-state index contributed by atoms with van der Waals surface area (Å²) in [6.07, 6.45) is -0.138. The summed E-state index contributed by atoms with van der Waals surface area (Å²) >= 11 is 0. The van der Waals surface area contributed by atoms with Crippen molar-refractivity contribution >= 4 is 5.91 Å². The van der Waals surface area contributed by atoms with Gasteiger partial charge in [0.15, 0.2) is 0 Å². The van der Waals surface area contributed by atoms with Crippen molar-refractivity contribution < 1.29 is 22.7 Å². The summed E-state index contributed by atoms with van der Waals surface area (Å²) in [7, 11) is 2.14. The fourth-order valence-electron chi connectivity index (χ4n) is 5.51. The summed E-state index contributed by atoms with van der Waals surface area (Å²) < 4.78 is 46.0. The molecule has 1 aromatic carbocycles. The van der Waals surface area contributed by atoms with E-state index in [2.05, 4.69) is 51.7 Å². The minimum atomic E-state index is -4.54. The number of benzene rings is 1. The molecule has 35 heavy (non-hydrogen) atoms. The third-order valence-electron chi connectivity index (χ3n) is 7.80. The van der Waals surface area contributed by atoms with Gasteiger partial charge in [-0.2, -0.15) is 18.4 Å². The first-order valence-corrected chi connectivity index (χ1v) is 12.1. The molecule has 2 fully saturated rings. The molecule has 1 amide bonds. The lowest BCUT2D eigenvalue weighted by Gasteiger charge is -2.37. The van der Waals surface area contributed by atoms with Crippen molar-refractivity contribution in [2.75, 3.05) is 20.3 Å². The molecule has 0 radical (unpaired) electrons. The average Bonchev–Trinajstić information content (AvgIpc) is 3.53. The maximum atomic E-state index is 13.5. The van der Waals surface area contributed by atoms with E-state index in [-0.39, 0.29) is 29.8 Å². The Bertz CT molecular complexity index is 1010. The maximum Gasteiger partial charge on any atom is 0.416 e. The maximum absolute atomic E-state index is 13.5. The van der Waals surface area contributed by atoms with Gasteiger partial charge in [-0.15, -0.1) is 10.2 Å². The largest absolute Gasteiger partial charge is 0.416 e. The predicted octanol–water partition coefficient (Wildman–Crippen LogP) is 3.81. The molecule has 2 aliphatic rings. The number of amides is 1. The van der Waals surface area contributed by atoms with E-state index in [0.717, 1.165) is 57.5 Å². The van der Waals surface area contributed by atoms with Crippen LogP contribution in [0.2, 0.25) is 0 Å². The highest BCUT2D eigenvalue weighted by molar-refractivity contribution is 5.83. The number of aromatic amines is 1. The smallest absolute Gasteiger partial charge is 0.381 e. The number of nitrogens with zero attached hydrogens (tertiary/aromatic N) is 4. The molecule has 0 spiro atoms. The van der Waals surface area contributed by atoms with E-state index in [9.17, 15) is 18.0 Å². The normalized spacial score (nSPS) is 23.8. The predicted molar refractivity (Wildman–Crippen MR) is 123 cm³/mol. The molecule has 1 aliphatic heterocycles. The minimum Gasteiger partial charge on any atom is -0.381 e. The summed E-state index contributed by atoms with van der Waals surface area (Å²) in [4.78, 5) is 15.9. The molecule has 1 aliphatic carbocycles. The van der Waals surface area contributed by atoms with E-state index in [4.69, 9.17) is 4.74 Å². The van der Waals surface area contributed by atoms with Gasteiger partial charge in [0.05, 0.1) is 11.0 Å². The topological polar surface area (TPSA) is 96.0 Å². The zero-order chi connectivity index (χ0) is 25.2. The summed E-state index contributed by atoms with van der Waals surface area (Å²) in [5.74, 6) is 0.0676. The molecule has 2 atom stereocenters. The van der Waals surface area contributed by atoms with Crippen molar-refractivity contribution in [3.05, 3.63) is 29.3 Å². The average molecular weight is 495 g/mol. The molecule has 8 nitrogen and oxygen atoms in total. The van der Waals surface area contributed by atoms with Crippen LogP contribution in [-0.2, 0) is 22.3 Å². The van der Waals surface area contributed by atoms with Crippen LogP contribution in [0.25, 0.3) is 11.4 Å². The molecule has 4 rings (SSSR count). The Morgan fingerprint density at radius 2 is 1.97 bits per heavy atom. The zero-order valence-corrected chi connectivity index (χ0v) is 20.4. The zero-order valence-electron chi connectivity index (χ0n) is 20.4. The van der Waals surface area contributed by atoms with E-state index in [1.54, 1.807) is 6.07 Å². The van der Waals surface area contributed by atoms with E-state index >= 15 is 0 Å². The first-order valence-electron chi connectivity index (χ1n) is 12.1. The van der Waals surface area contributed by atoms with Crippen LogP contribution < -0.4 is 5.32 Å². The Labute approximate surface area is 203 Å². The van der Waals surface area contributed by atoms with Crippen LogP contribution in [0.4, 0.5) is 13.2 Å². The molecule has 192 valence electrons. The van der Waals surface area contributed by atoms with Gasteiger partial charge in [-0.25, -0.2) is 0 Å². The summed E-state index contributed by atoms with van der Waals surface area (Å²) in [6, 6.07) is 4.35. The second-order valence-corrected chi connectivity index (χ2v) is 10.1. The number of halogens is 3. The van der Waals surface area contributed by atoms with Gasteiger partial charge in [0.25, 0.3) is 0 Å². The van der Waals surface area contributed by atoms with Crippen LogP contribution in [0, 0.1) is 11.3 Å². The van der Waals surface area contributed by atoms with Gasteiger partial charge >= 0.3 is 6.18 Å². The first kappa shape index (κ1) is 25.6. The minimum absolute atomic E-state index is 0.0114. The number of carbonyl (C=O) groups is 1. The van der Waals surface area contributed by atoms with Gasteiger partial charge in [-0.05, 0) is 74.0 Å². The first-order chi connectivity index (χ1) is 16.6. The van der Waals surface area contributed by atoms with Crippen molar-refractivity contribution in [2.45, 2.75) is 70.8 Å². The standard InChI is InChI=1S/C24H33F3N6O2/c1-15(2)23(7-4-20(13-23)33(3)19-5-8-35-9-6-19)22(34)28-14-16-10-17(21-29-31-32-30-21)12-18(11-16)24(25,26)27/h10-12,15,19-20H,4-9,13-14H2,1-3H3,(H,28,34)(H,29,30,31,32)/t20-,23+/m1/s1. The number of tetrazole rings is 1. The highest BCUT2D eigenvalue weighted by atomic mass is 19.4. The van der Waals surface area contributed by atoms with Crippen LogP contribution in [0.3, 0.4) is 0 Å². The number of hydrogen-bond donors (Lipinski definition) is 2. The monoisotopic (exact) mass is 494 g/mol. The van der Waals surface area contributed by atoms with Gasteiger partial charge in [-0.3, -0.25) is 4.79 Å². The van der Waals surface area contributed by atoms with E-state index < -0.39 is 17.2 Å². The number of alkyl halides is 3.